The van der Waals surface area contributed by atoms with Crippen molar-refractivity contribution in [3.63, 3.8) is 0 Å². The smallest absolute Gasteiger partial charge is 0.227 e. The molecule has 1 aromatic rings. The van der Waals surface area contributed by atoms with Gasteiger partial charge in [-0.1, -0.05) is 26.3 Å². The third-order valence-electron chi connectivity index (χ3n) is 2.55. The molecule has 1 atom stereocenters. The number of hydrogen-bond donors (Lipinski definition) is 1. The Bertz CT molecular complexity index is 376. The Balaban J connectivity index is 2.69. The standard InChI is InChI=1S/C13H18FNO/c1-4-5-10(3)13(16)15-12-7-6-9(2)8-11(12)14/h6-8,10H,4-5H2,1-3H3,(H,15,16). The third kappa shape index (κ3) is 3.33. The molecule has 1 rings (SSSR count). The molecule has 0 saturated heterocycles. The molecule has 1 N–H and O–H groups in total. The number of aryl methyl sites for hydroxylation is 1. The molecule has 1 amide bonds. The van der Waals surface area contributed by atoms with Crippen molar-refractivity contribution in [2.75, 3.05) is 5.32 Å². The molecule has 0 radical (unpaired) electrons. The van der Waals surface area contributed by atoms with E-state index < -0.39 is 0 Å². The van der Waals surface area contributed by atoms with Crippen molar-refractivity contribution in [1.82, 2.24) is 0 Å². The Morgan fingerprint density at radius 2 is 2.19 bits per heavy atom. The van der Waals surface area contributed by atoms with Crippen LogP contribution in [0.3, 0.4) is 0 Å². The van der Waals surface area contributed by atoms with Crippen LogP contribution in [-0.2, 0) is 4.79 Å². The summed E-state index contributed by atoms with van der Waals surface area (Å²) in [5, 5.41) is 2.61. The minimum Gasteiger partial charge on any atom is -0.323 e. The molecule has 0 heterocycles. The van der Waals surface area contributed by atoms with Gasteiger partial charge in [-0.2, -0.15) is 0 Å². The molecule has 3 heteroatoms. The van der Waals surface area contributed by atoms with Crippen LogP contribution < -0.4 is 5.32 Å². The lowest BCUT2D eigenvalue weighted by Crippen LogP contribution is -2.20. The Labute approximate surface area is 95.9 Å². The molecule has 0 fully saturated rings. The number of nitrogens with one attached hydrogen (secondary N) is 1. The highest BCUT2D eigenvalue weighted by atomic mass is 19.1. The number of hydrogen-bond acceptors (Lipinski definition) is 1. The van der Waals surface area contributed by atoms with Gasteiger partial charge in [0.05, 0.1) is 5.69 Å². The van der Waals surface area contributed by atoms with Crippen molar-refractivity contribution in [1.29, 1.82) is 0 Å². The van der Waals surface area contributed by atoms with E-state index in [1.54, 1.807) is 12.1 Å². The first-order valence-corrected chi connectivity index (χ1v) is 5.61. The number of amides is 1. The maximum Gasteiger partial charge on any atom is 0.227 e. The van der Waals surface area contributed by atoms with Crippen LogP contribution in [0, 0.1) is 18.7 Å². The molecule has 0 bridgehead atoms. The highest BCUT2D eigenvalue weighted by Crippen LogP contribution is 2.17. The van der Waals surface area contributed by atoms with E-state index in [4.69, 9.17) is 0 Å². The van der Waals surface area contributed by atoms with E-state index in [9.17, 15) is 9.18 Å². The van der Waals surface area contributed by atoms with Crippen molar-refractivity contribution in [3.05, 3.63) is 29.6 Å². The van der Waals surface area contributed by atoms with Crippen LogP contribution in [0.1, 0.15) is 32.3 Å². The number of anilines is 1. The van der Waals surface area contributed by atoms with Crippen molar-refractivity contribution in [2.24, 2.45) is 5.92 Å². The predicted molar refractivity (Wildman–Crippen MR) is 63.8 cm³/mol. The topological polar surface area (TPSA) is 29.1 Å². The lowest BCUT2D eigenvalue weighted by molar-refractivity contribution is -0.119. The van der Waals surface area contributed by atoms with Gasteiger partial charge in [0.25, 0.3) is 0 Å². The van der Waals surface area contributed by atoms with Crippen LogP contribution in [0.4, 0.5) is 10.1 Å². The fourth-order valence-corrected chi connectivity index (χ4v) is 1.54. The van der Waals surface area contributed by atoms with E-state index in [2.05, 4.69) is 5.32 Å². The summed E-state index contributed by atoms with van der Waals surface area (Å²) in [4.78, 5) is 11.7. The quantitative estimate of drug-likeness (QED) is 0.831. The first kappa shape index (κ1) is 12.7. The Morgan fingerprint density at radius 3 is 2.75 bits per heavy atom. The minimum absolute atomic E-state index is 0.0781. The number of carbonyl (C=O) groups excluding carboxylic acids is 1. The molecular formula is C13H18FNO. The average molecular weight is 223 g/mol. The fraction of sp³-hybridized carbons (Fsp3) is 0.462. The SMILES string of the molecule is CCCC(C)C(=O)Nc1ccc(C)cc1F. The molecule has 1 aromatic carbocycles. The van der Waals surface area contributed by atoms with Crippen LogP contribution >= 0.6 is 0 Å². The zero-order chi connectivity index (χ0) is 12.1. The highest BCUT2D eigenvalue weighted by Gasteiger charge is 2.13. The highest BCUT2D eigenvalue weighted by molar-refractivity contribution is 5.92. The normalized spacial score (nSPS) is 12.2. The lowest BCUT2D eigenvalue weighted by atomic mass is 10.1. The number of carbonyl (C=O) groups is 1. The van der Waals surface area contributed by atoms with Gasteiger partial charge < -0.3 is 5.32 Å². The van der Waals surface area contributed by atoms with Gasteiger partial charge >= 0.3 is 0 Å². The van der Waals surface area contributed by atoms with E-state index in [-0.39, 0.29) is 23.3 Å². The average Bonchev–Trinajstić information content (AvgIpc) is 2.22. The summed E-state index contributed by atoms with van der Waals surface area (Å²) in [7, 11) is 0. The maximum absolute atomic E-state index is 13.4. The molecule has 1 unspecified atom stereocenters. The van der Waals surface area contributed by atoms with Crippen molar-refractivity contribution in [2.45, 2.75) is 33.6 Å². The summed E-state index contributed by atoms with van der Waals surface area (Å²) < 4.78 is 13.4. The summed E-state index contributed by atoms with van der Waals surface area (Å²) in [6.07, 6.45) is 1.77. The van der Waals surface area contributed by atoms with Crippen LogP contribution in [-0.4, -0.2) is 5.91 Å². The van der Waals surface area contributed by atoms with E-state index in [1.165, 1.54) is 6.07 Å². The largest absolute Gasteiger partial charge is 0.323 e. The molecule has 0 aliphatic carbocycles. The molecule has 16 heavy (non-hydrogen) atoms. The van der Waals surface area contributed by atoms with E-state index in [1.807, 2.05) is 20.8 Å². The molecule has 0 saturated carbocycles. The van der Waals surface area contributed by atoms with Crippen LogP contribution in [0.2, 0.25) is 0 Å². The second-order valence-corrected chi connectivity index (χ2v) is 4.16. The van der Waals surface area contributed by atoms with Gasteiger partial charge in [0.15, 0.2) is 0 Å². The molecular weight excluding hydrogens is 205 g/mol. The zero-order valence-corrected chi connectivity index (χ0v) is 10.0. The molecule has 2 nitrogen and oxygen atoms in total. The Kier molecular flexibility index (Phi) is 4.47. The van der Waals surface area contributed by atoms with Gasteiger partial charge in [-0.25, -0.2) is 4.39 Å². The van der Waals surface area contributed by atoms with Crippen molar-refractivity contribution < 1.29 is 9.18 Å². The number of halogens is 1. The van der Waals surface area contributed by atoms with Crippen molar-refractivity contribution in [3.8, 4) is 0 Å². The van der Waals surface area contributed by atoms with Gasteiger partial charge in [0.1, 0.15) is 5.82 Å². The fourth-order valence-electron chi connectivity index (χ4n) is 1.54. The molecule has 88 valence electrons. The van der Waals surface area contributed by atoms with E-state index >= 15 is 0 Å². The maximum atomic E-state index is 13.4. The number of rotatable bonds is 4. The van der Waals surface area contributed by atoms with E-state index in [0.717, 1.165) is 18.4 Å². The summed E-state index contributed by atoms with van der Waals surface area (Å²) >= 11 is 0. The second-order valence-electron chi connectivity index (χ2n) is 4.16. The molecule has 0 spiro atoms. The first-order valence-electron chi connectivity index (χ1n) is 5.61. The molecule has 0 aliphatic rings. The lowest BCUT2D eigenvalue weighted by Gasteiger charge is -2.11. The van der Waals surface area contributed by atoms with Gasteiger partial charge in [-0.15, -0.1) is 0 Å². The monoisotopic (exact) mass is 223 g/mol. The predicted octanol–water partition coefficient (Wildman–Crippen LogP) is 3.51. The van der Waals surface area contributed by atoms with Crippen LogP contribution in [0.5, 0.6) is 0 Å². The second kappa shape index (κ2) is 5.64. The zero-order valence-electron chi connectivity index (χ0n) is 10.0. The first-order chi connectivity index (χ1) is 7.54. The van der Waals surface area contributed by atoms with Crippen LogP contribution in [0.25, 0.3) is 0 Å². The van der Waals surface area contributed by atoms with E-state index in [0.29, 0.717) is 0 Å². The minimum atomic E-state index is -0.378. The summed E-state index contributed by atoms with van der Waals surface area (Å²) in [6, 6.07) is 4.80. The van der Waals surface area contributed by atoms with Gasteiger partial charge in [0.2, 0.25) is 5.91 Å². The van der Waals surface area contributed by atoms with Gasteiger partial charge in [-0.05, 0) is 31.0 Å². The summed E-state index contributed by atoms with van der Waals surface area (Å²) in [5.41, 5.74) is 1.11. The Hall–Kier alpha value is -1.38. The van der Waals surface area contributed by atoms with Gasteiger partial charge in [-0.3, -0.25) is 4.79 Å². The Morgan fingerprint density at radius 1 is 1.50 bits per heavy atom. The molecule has 0 aliphatic heterocycles. The summed E-state index contributed by atoms with van der Waals surface area (Å²) in [6.45, 7) is 5.69. The third-order valence-corrected chi connectivity index (χ3v) is 2.55. The van der Waals surface area contributed by atoms with Crippen LogP contribution in [0.15, 0.2) is 18.2 Å². The van der Waals surface area contributed by atoms with Crippen molar-refractivity contribution >= 4 is 11.6 Å². The van der Waals surface area contributed by atoms with Gasteiger partial charge in [0, 0.05) is 5.92 Å². The summed E-state index contributed by atoms with van der Waals surface area (Å²) in [5.74, 6) is -0.577. The molecule has 0 aromatic heterocycles. The number of benzene rings is 1.